The molecule has 2 aromatic heterocycles. The Labute approximate surface area is 148 Å². The molecule has 1 N–H and O–H groups in total. The summed E-state index contributed by atoms with van der Waals surface area (Å²) in [6.07, 6.45) is 2.14. The van der Waals surface area contributed by atoms with Crippen LogP contribution in [0.25, 0.3) is 0 Å². The molecule has 0 saturated carbocycles. The van der Waals surface area contributed by atoms with Gasteiger partial charge in [0.25, 0.3) is 5.91 Å². The Kier molecular flexibility index (Phi) is 5.27. The van der Waals surface area contributed by atoms with Gasteiger partial charge in [0.05, 0.1) is 17.8 Å². The highest BCUT2D eigenvalue weighted by Crippen LogP contribution is 2.20. The van der Waals surface area contributed by atoms with E-state index in [1.165, 1.54) is 0 Å². The van der Waals surface area contributed by atoms with Gasteiger partial charge in [-0.3, -0.25) is 9.69 Å². The van der Waals surface area contributed by atoms with Crippen LogP contribution in [-0.2, 0) is 6.54 Å². The summed E-state index contributed by atoms with van der Waals surface area (Å²) in [6, 6.07) is 1.80. The van der Waals surface area contributed by atoms with E-state index in [4.69, 9.17) is 8.83 Å². The number of nitrogens with one attached hydrogen (secondary N) is 1. The van der Waals surface area contributed by atoms with Crippen LogP contribution in [0.15, 0.2) is 14.9 Å². The van der Waals surface area contributed by atoms with E-state index in [-0.39, 0.29) is 5.91 Å². The van der Waals surface area contributed by atoms with Crippen LogP contribution in [0, 0.1) is 33.6 Å². The minimum atomic E-state index is -0.0393. The van der Waals surface area contributed by atoms with Crippen molar-refractivity contribution in [1.29, 1.82) is 0 Å². The Bertz CT molecular complexity index is 720. The third kappa shape index (κ3) is 4.31. The summed E-state index contributed by atoms with van der Waals surface area (Å²) in [4.78, 5) is 19.1. The normalized spacial score (nSPS) is 16.3. The molecule has 1 amide bonds. The third-order valence-corrected chi connectivity index (χ3v) is 4.98. The number of hydrogen-bond acceptors (Lipinski definition) is 5. The fourth-order valence-electron chi connectivity index (χ4n) is 3.34. The molecule has 1 fully saturated rings. The van der Waals surface area contributed by atoms with Gasteiger partial charge < -0.3 is 14.2 Å². The van der Waals surface area contributed by atoms with Crippen molar-refractivity contribution >= 4 is 5.91 Å². The maximum absolute atomic E-state index is 12.3. The molecule has 1 aliphatic rings. The fourth-order valence-corrected chi connectivity index (χ4v) is 3.34. The number of furan rings is 1. The first-order valence-corrected chi connectivity index (χ1v) is 8.93. The summed E-state index contributed by atoms with van der Waals surface area (Å²) >= 11 is 0. The zero-order chi connectivity index (χ0) is 18.0. The van der Waals surface area contributed by atoms with Gasteiger partial charge in [0, 0.05) is 6.54 Å². The molecule has 2 aromatic rings. The molecule has 3 heterocycles. The maximum atomic E-state index is 12.3. The van der Waals surface area contributed by atoms with Crippen molar-refractivity contribution in [3.63, 3.8) is 0 Å². The first kappa shape index (κ1) is 17.7. The number of likely N-dealkylation sites (tertiary alicyclic amines) is 1. The van der Waals surface area contributed by atoms with Crippen molar-refractivity contribution < 1.29 is 13.6 Å². The molecule has 0 bridgehead atoms. The number of piperidine rings is 1. The molecule has 6 nitrogen and oxygen atoms in total. The molecule has 3 rings (SSSR count). The van der Waals surface area contributed by atoms with E-state index in [2.05, 4.69) is 15.2 Å². The summed E-state index contributed by atoms with van der Waals surface area (Å²) < 4.78 is 11.1. The summed E-state index contributed by atoms with van der Waals surface area (Å²) in [6.45, 7) is 11.1. The molecule has 0 aromatic carbocycles. The summed E-state index contributed by atoms with van der Waals surface area (Å²) in [7, 11) is 0. The van der Waals surface area contributed by atoms with Gasteiger partial charge in [-0.05, 0) is 65.6 Å². The monoisotopic (exact) mass is 345 g/mol. The van der Waals surface area contributed by atoms with Gasteiger partial charge in [0.15, 0.2) is 0 Å². The molecule has 0 spiro atoms. The van der Waals surface area contributed by atoms with E-state index < -0.39 is 0 Å². The molecule has 0 aliphatic carbocycles. The smallest absolute Gasteiger partial charge is 0.254 e. The number of oxazole rings is 1. The van der Waals surface area contributed by atoms with Gasteiger partial charge in [-0.15, -0.1) is 0 Å². The highest BCUT2D eigenvalue weighted by atomic mass is 16.4. The number of rotatable bonds is 5. The van der Waals surface area contributed by atoms with E-state index in [1.807, 2.05) is 27.7 Å². The average molecular weight is 345 g/mol. The fraction of sp³-hybridized carbons (Fsp3) is 0.579. The van der Waals surface area contributed by atoms with Crippen LogP contribution in [-0.4, -0.2) is 35.4 Å². The Morgan fingerprint density at radius 1 is 1.20 bits per heavy atom. The molecular weight excluding hydrogens is 318 g/mol. The SMILES string of the molecule is Cc1cc(C(=O)NCC2CCN(Cc3nc(C)c(C)o3)CC2)c(C)o1. The molecular formula is C19H27N3O3. The number of carbonyl (C=O) groups is 1. The number of aryl methyl sites for hydroxylation is 4. The third-order valence-electron chi connectivity index (χ3n) is 4.98. The summed E-state index contributed by atoms with van der Waals surface area (Å²) in [5.74, 6) is 3.63. The molecule has 0 atom stereocenters. The van der Waals surface area contributed by atoms with E-state index in [0.29, 0.717) is 23.8 Å². The van der Waals surface area contributed by atoms with Gasteiger partial charge in [-0.25, -0.2) is 4.98 Å². The highest BCUT2D eigenvalue weighted by molar-refractivity contribution is 5.95. The van der Waals surface area contributed by atoms with Gasteiger partial charge in [-0.2, -0.15) is 0 Å². The largest absolute Gasteiger partial charge is 0.466 e. The molecule has 0 radical (unpaired) electrons. The zero-order valence-corrected chi connectivity index (χ0v) is 15.5. The van der Waals surface area contributed by atoms with Gasteiger partial charge in [0.1, 0.15) is 17.3 Å². The Morgan fingerprint density at radius 3 is 2.48 bits per heavy atom. The van der Waals surface area contributed by atoms with E-state index in [0.717, 1.165) is 55.6 Å². The lowest BCUT2D eigenvalue weighted by molar-refractivity contribution is 0.0932. The van der Waals surface area contributed by atoms with Crippen molar-refractivity contribution in [2.24, 2.45) is 5.92 Å². The molecule has 1 aliphatic heterocycles. The van der Waals surface area contributed by atoms with Crippen molar-refractivity contribution in [2.45, 2.75) is 47.1 Å². The quantitative estimate of drug-likeness (QED) is 0.901. The first-order valence-electron chi connectivity index (χ1n) is 8.93. The van der Waals surface area contributed by atoms with E-state index in [9.17, 15) is 4.79 Å². The second-order valence-electron chi connectivity index (χ2n) is 7.01. The molecule has 6 heteroatoms. The van der Waals surface area contributed by atoms with Crippen LogP contribution in [0.2, 0.25) is 0 Å². The average Bonchev–Trinajstić information content (AvgIpc) is 3.07. The predicted molar refractivity (Wildman–Crippen MR) is 94.5 cm³/mol. The lowest BCUT2D eigenvalue weighted by atomic mass is 9.96. The molecule has 0 unspecified atom stereocenters. The highest BCUT2D eigenvalue weighted by Gasteiger charge is 2.22. The number of carbonyl (C=O) groups excluding carboxylic acids is 1. The van der Waals surface area contributed by atoms with E-state index >= 15 is 0 Å². The maximum Gasteiger partial charge on any atom is 0.254 e. The van der Waals surface area contributed by atoms with Gasteiger partial charge in [-0.1, -0.05) is 0 Å². The molecule has 25 heavy (non-hydrogen) atoms. The first-order chi connectivity index (χ1) is 11.9. The van der Waals surface area contributed by atoms with Crippen LogP contribution in [0.4, 0.5) is 0 Å². The number of aromatic nitrogens is 1. The second-order valence-corrected chi connectivity index (χ2v) is 7.01. The van der Waals surface area contributed by atoms with Gasteiger partial charge in [0.2, 0.25) is 5.89 Å². The lowest BCUT2D eigenvalue weighted by Gasteiger charge is -2.31. The van der Waals surface area contributed by atoms with Crippen molar-refractivity contribution in [1.82, 2.24) is 15.2 Å². The summed E-state index contributed by atoms with van der Waals surface area (Å²) in [5.41, 5.74) is 1.61. The van der Waals surface area contributed by atoms with Crippen LogP contribution in [0.1, 0.15) is 52.1 Å². The predicted octanol–water partition coefficient (Wildman–Crippen LogP) is 3.14. The van der Waals surface area contributed by atoms with Crippen LogP contribution < -0.4 is 5.32 Å². The minimum Gasteiger partial charge on any atom is -0.466 e. The van der Waals surface area contributed by atoms with Crippen LogP contribution in [0.3, 0.4) is 0 Å². The molecule has 136 valence electrons. The number of amides is 1. The second kappa shape index (κ2) is 7.44. The zero-order valence-electron chi connectivity index (χ0n) is 15.5. The summed E-state index contributed by atoms with van der Waals surface area (Å²) in [5, 5.41) is 3.05. The van der Waals surface area contributed by atoms with E-state index in [1.54, 1.807) is 6.07 Å². The Balaban J connectivity index is 1.43. The minimum absolute atomic E-state index is 0.0393. The number of nitrogens with zero attached hydrogens (tertiary/aromatic N) is 2. The van der Waals surface area contributed by atoms with Crippen LogP contribution >= 0.6 is 0 Å². The Morgan fingerprint density at radius 2 is 1.92 bits per heavy atom. The Hall–Kier alpha value is -2.08. The van der Waals surface area contributed by atoms with Crippen molar-refractivity contribution in [3.05, 3.63) is 40.5 Å². The van der Waals surface area contributed by atoms with Crippen molar-refractivity contribution in [2.75, 3.05) is 19.6 Å². The number of hydrogen-bond donors (Lipinski definition) is 1. The van der Waals surface area contributed by atoms with Crippen LogP contribution in [0.5, 0.6) is 0 Å². The van der Waals surface area contributed by atoms with Crippen molar-refractivity contribution in [3.8, 4) is 0 Å². The van der Waals surface area contributed by atoms with Gasteiger partial charge >= 0.3 is 0 Å². The lowest BCUT2D eigenvalue weighted by Crippen LogP contribution is -2.38. The standard InChI is InChI=1S/C19H27N3O3/c1-12-9-17(15(4)24-12)19(23)20-10-16-5-7-22(8-6-16)11-18-21-13(2)14(3)25-18/h9,16H,5-8,10-11H2,1-4H3,(H,20,23). The topological polar surface area (TPSA) is 71.5 Å². The molecule has 1 saturated heterocycles.